The van der Waals surface area contributed by atoms with E-state index in [0.717, 1.165) is 18.2 Å². The Bertz CT molecular complexity index is 639. The van der Waals surface area contributed by atoms with E-state index >= 15 is 0 Å². The van der Waals surface area contributed by atoms with Gasteiger partial charge in [0.05, 0.1) is 12.7 Å². The molecule has 2 aromatic carbocycles. The molecule has 0 amide bonds. The molecule has 0 saturated carbocycles. The Morgan fingerprint density at radius 3 is 2.47 bits per heavy atom. The van der Waals surface area contributed by atoms with Crippen molar-refractivity contribution in [3.8, 4) is 16.9 Å². The monoisotopic (exact) mass is 264 g/mol. The lowest BCUT2D eigenvalue weighted by molar-refractivity contribution is 0.0697. The van der Waals surface area contributed by atoms with E-state index in [1.54, 1.807) is 0 Å². The van der Waals surface area contributed by atoms with Crippen molar-refractivity contribution >= 4 is 5.97 Å². The number of aromatic carboxylic acids is 1. The van der Waals surface area contributed by atoms with Crippen LogP contribution in [0.1, 0.15) is 10.4 Å². The molecule has 0 unspecified atom stereocenters. The fraction of sp³-hybridized carbons (Fsp3) is 0.0714. The summed E-state index contributed by atoms with van der Waals surface area (Å²) in [7, 11) is 1.39. The lowest BCUT2D eigenvalue weighted by Crippen LogP contribution is -2.01. The van der Waals surface area contributed by atoms with Crippen LogP contribution in [0.15, 0.2) is 36.4 Å². The molecule has 2 aromatic rings. The van der Waals surface area contributed by atoms with E-state index < -0.39 is 17.6 Å². The predicted molar refractivity (Wildman–Crippen MR) is 65.3 cm³/mol. The van der Waals surface area contributed by atoms with Gasteiger partial charge in [0.2, 0.25) is 0 Å². The van der Waals surface area contributed by atoms with Crippen LogP contribution in [-0.2, 0) is 0 Å². The zero-order valence-corrected chi connectivity index (χ0v) is 9.98. The molecular weight excluding hydrogens is 254 g/mol. The molecule has 0 spiro atoms. The highest BCUT2D eigenvalue weighted by Gasteiger charge is 2.16. The fourth-order valence-corrected chi connectivity index (χ4v) is 1.77. The molecule has 3 nitrogen and oxygen atoms in total. The van der Waals surface area contributed by atoms with Crippen LogP contribution in [0.25, 0.3) is 11.1 Å². The van der Waals surface area contributed by atoms with Crippen molar-refractivity contribution in [1.82, 2.24) is 0 Å². The smallest absolute Gasteiger partial charge is 0.336 e. The molecule has 0 atom stereocenters. The maximum absolute atomic E-state index is 13.7. The van der Waals surface area contributed by atoms with Gasteiger partial charge in [0.1, 0.15) is 17.4 Å². The number of hydrogen-bond acceptors (Lipinski definition) is 2. The average Bonchev–Trinajstić information content (AvgIpc) is 2.40. The number of ether oxygens (including phenoxy) is 1. The number of carboxylic acid groups (broad SMARTS) is 1. The number of benzene rings is 2. The molecule has 1 N–H and O–H groups in total. The summed E-state index contributed by atoms with van der Waals surface area (Å²) in [5, 5.41) is 9.14. The summed E-state index contributed by atoms with van der Waals surface area (Å²) in [6.07, 6.45) is 0. The van der Waals surface area contributed by atoms with Crippen molar-refractivity contribution < 1.29 is 23.4 Å². The number of rotatable bonds is 3. The number of carbonyl (C=O) groups is 1. The van der Waals surface area contributed by atoms with E-state index in [0.29, 0.717) is 5.75 Å². The van der Waals surface area contributed by atoms with Gasteiger partial charge >= 0.3 is 5.97 Å². The van der Waals surface area contributed by atoms with E-state index in [-0.39, 0.29) is 16.7 Å². The van der Waals surface area contributed by atoms with Crippen LogP contribution in [-0.4, -0.2) is 18.2 Å². The third kappa shape index (κ3) is 2.54. The summed E-state index contributed by atoms with van der Waals surface area (Å²) in [6.45, 7) is 0. The minimum absolute atomic E-state index is 0.0972. The molecular formula is C14H10F2O3. The first-order valence-corrected chi connectivity index (χ1v) is 5.39. The molecule has 5 heteroatoms. The Labute approximate surface area is 108 Å². The summed E-state index contributed by atoms with van der Waals surface area (Å²) < 4.78 is 31.8. The lowest BCUT2D eigenvalue weighted by atomic mass is 9.99. The molecule has 0 bridgehead atoms. The second-order valence-electron chi connectivity index (χ2n) is 3.84. The van der Waals surface area contributed by atoms with Gasteiger partial charge in [-0.1, -0.05) is 0 Å². The normalized spacial score (nSPS) is 10.3. The van der Waals surface area contributed by atoms with Crippen LogP contribution >= 0.6 is 0 Å². The number of methoxy groups -OCH3 is 1. The Morgan fingerprint density at radius 1 is 1.11 bits per heavy atom. The summed E-state index contributed by atoms with van der Waals surface area (Å²) in [4.78, 5) is 11.2. The van der Waals surface area contributed by atoms with Crippen molar-refractivity contribution in [2.75, 3.05) is 7.11 Å². The molecule has 98 valence electrons. The Hall–Kier alpha value is -2.43. The van der Waals surface area contributed by atoms with Gasteiger partial charge in [-0.25, -0.2) is 13.6 Å². The van der Waals surface area contributed by atoms with Gasteiger partial charge in [-0.3, -0.25) is 0 Å². The van der Waals surface area contributed by atoms with Crippen LogP contribution in [0.3, 0.4) is 0 Å². The highest BCUT2D eigenvalue weighted by molar-refractivity contribution is 5.96. The quantitative estimate of drug-likeness (QED) is 0.924. The van der Waals surface area contributed by atoms with E-state index in [2.05, 4.69) is 0 Å². The fourth-order valence-electron chi connectivity index (χ4n) is 1.77. The topological polar surface area (TPSA) is 46.5 Å². The summed E-state index contributed by atoms with van der Waals surface area (Å²) >= 11 is 0. The minimum Gasteiger partial charge on any atom is -0.497 e. The van der Waals surface area contributed by atoms with Gasteiger partial charge in [-0.15, -0.1) is 0 Å². The molecule has 2 rings (SSSR count). The standard InChI is InChI=1S/C14H10F2O3/c1-19-9-3-4-10(12(7-9)14(17)18)11-6-8(15)2-5-13(11)16/h2-7H,1H3,(H,17,18). The molecule has 0 aliphatic rings. The Morgan fingerprint density at radius 2 is 1.84 bits per heavy atom. The zero-order chi connectivity index (χ0) is 14.0. The molecule has 0 heterocycles. The van der Waals surface area contributed by atoms with Gasteiger partial charge in [0.15, 0.2) is 0 Å². The second-order valence-corrected chi connectivity index (χ2v) is 3.84. The van der Waals surface area contributed by atoms with Crippen molar-refractivity contribution in [1.29, 1.82) is 0 Å². The highest BCUT2D eigenvalue weighted by Crippen LogP contribution is 2.30. The van der Waals surface area contributed by atoms with E-state index in [9.17, 15) is 13.6 Å². The first-order valence-electron chi connectivity index (χ1n) is 5.39. The third-order valence-electron chi connectivity index (χ3n) is 2.68. The molecule has 19 heavy (non-hydrogen) atoms. The zero-order valence-electron chi connectivity index (χ0n) is 9.98. The third-order valence-corrected chi connectivity index (χ3v) is 2.68. The van der Waals surface area contributed by atoms with E-state index in [4.69, 9.17) is 9.84 Å². The van der Waals surface area contributed by atoms with Crippen LogP contribution < -0.4 is 4.74 Å². The second kappa shape index (κ2) is 5.06. The van der Waals surface area contributed by atoms with Crippen LogP contribution in [0.2, 0.25) is 0 Å². The molecule has 0 aromatic heterocycles. The minimum atomic E-state index is -1.24. The number of halogens is 2. The van der Waals surface area contributed by atoms with Crippen molar-refractivity contribution in [2.24, 2.45) is 0 Å². The molecule has 0 aliphatic carbocycles. The van der Waals surface area contributed by atoms with Crippen LogP contribution in [0.5, 0.6) is 5.75 Å². The maximum atomic E-state index is 13.7. The van der Waals surface area contributed by atoms with E-state index in [1.165, 1.54) is 25.3 Å². The van der Waals surface area contributed by atoms with Gasteiger partial charge in [-0.05, 0) is 42.0 Å². The van der Waals surface area contributed by atoms with Gasteiger partial charge in [0.25, 0.3) is 0 Å². The van der Waals surface area contributed by atoms with Crippen molar-refractivity contribution in [2.45, 2.75) is 0 Å². The average molecular weight is 264 g/mol. The SMILES string of the molecule is COc1ccc(-c2cc(F)ccc2F)c(C(=O)O)c1. The molecule has 0 radical (unpaired) electrons. The maximum Gasteiger partial charge on any atom is 0.336 e. The van der Waals surface area contributed by atoms with Gasteiger partial charge < -0.3 is 9.84 Å². The van der Waals surface area contributed by atoms with Gasteiger partial charge in [0, 0.05) is 5.56 Å². The van der Waals surface area contributed by atoms with Crippen molar-refractivity contribution in [3.05, 3.63) is 53.6 Å². The molecule has 0 fully saturated rings. The van der Waals surface area contributed by atoms with Crippen LogP contribution in [0, 0.1) is 11.6 Å². The van der Waals surface area contributed by atoms with Gasteiger partial charge in [-0.2, -0.15) is 0 Å². The van der Waals surface area contributed by atoms with Crippen LogP contribution in [0.4, 0.5) is 8.78 Å². The number of hydrogen-bond donors (Lipinski definition) is 1. The molecule has 0 aliphatic heterocycles. The van der Waals surface area contributed by atoms with E-state index in [1.807, 2.05) is 0 Å². The Kier molecular flexibility index (Phi) is 3.46. The Balaban J connectivity index is 2.67. The summed E-state index contributed by atoms with van der Waals surface area (Å²) in [5.41, 5.74) is -0.144. The predicted octanol–water partition coefficient (Wildman–Crippen LogP) is 3.34. The highest BCUT2D eigenvalue weighted by atomic mass is 19.1. The largest absolute Gasteiger partial charge is 0.497 e. The first kappa shape index (κ1) is 13.0. The lowest BCUT2D eigenvalue weighted by Gasteiger charge is -2.09. The van der Waals surface area contributed by atoms with Crippen molar-refractivity contribution in [3.63, 3.8) is 0 Å². The first-order chi connectivity index (χ1) is 9.02. The number of carboxylic acids is 1. The molecule has 0 saturated heterocycles. The summed E-state index contributed by atoms with van der Waals surface area (Å²) in [5.74, 6) is -2.23. The summed E-state index contributed by atoms with van der Waals surface area (Å²) in [6, 6.07) is 7.04.